The van der Waals surface area contributed by atoms with Crippen LogP contribution in [-0.4, -0.2) is 20.8 Å². The van der Waals surface area contributed by atoms with Gasteiger partial charge in [-0.05, 0) is 5.56 Å². The first-order valence-corrected chi connectivity index (χ1v) is 6.42. The summed E-state index contributed by atoms with van der Waals surface area (Å²) in [6.07, 6.45) is 1.11. The van der Waals surface area contributed by atoms with Crippen molar-refractivity contribution in [2.45, 2.75) is 6.42 Å². The van der Waals surface area contributed by atoms with Crippen LogP contribution in [0.15, 0.2) is 30.6 Å². The van der Waals surface area contributed by atoms with Crippen LogP contribution in [0.2, 0.25) is 10.2 Å². The molecular formula is C12H8Cl2N4O3. The van der Waals surface area contributed by atoms with Crippen LogP contribution in [0, 0.1) is 10.1 Å². The molecule has 0 spiro atoms. The molecule has 2 rings (SSSR count). The molecule has 1 amide bonds. The molecular weight excluding hydrogens is 319 g/mol. The molecule has 9 heteroatoms. The fourth-order valence-electron chi connectivity index (χ4n) is 1.58. The topological polar surface area (TPSA) is 98.0 Å². The van der Waals surface area contributed by atoms with E-state index in [1.807, 2.05) is 0 Å². The molecule has 21 heavy (non-hydrogen) atoms. The van der Waals surface area contributed by atoms with Crippen molar-refractivity contribution in [3.63, 3.8) is 0 Å². The van der Waals surface area contributed by atoms with E-state index in [1.165, 1.54) is 18.2 Å². The number of amides is 1. The maximum atomic E-state index is 11.9. The molecule has 0 aliphatic rings. The Labute approximate surface area is 129 Å². The Hall–Kier alpha value is -2.25. The summed E-state index contributed by atoms with van der Waals surface area (Å²) in [4.78, 5) is 29.5. The van der Waals surface area contributed by atoms with Crippen LogP contribution in [-0.2, 0) is 11.2 Å². The lowest BCUT2D eigenvalue weighted by atomic mass is 10.1. The van der Waals surface area contributed by atoms with Gasteiger partial charge in [-0.3, -0.25) is 14.9 Å². The quantitative estimate of drug-likeness (QED) is 0.529. The van der Waals surface area contributed by atoms with Gasteiger partial charge in [0.1, 0.15) is 11.3 Å². The Bertz CT molecular complexity index is 709. The first-order chi connectivity index (χ1) is 9.97. The van der Waals surface area contributed by atoms with Gasteiger partial charge in [-0.25, -0.2) is 9.97 Å². The normalized spacial score (nSPS) is 10.2. The van der Waals surface area contributed by atoms with Crippen molar-refractivity contribution in [2.75, 3.05) is 5.32 Å². The first kappa shape index (κ1) is 15.1. The average molecular weight is 327 g/mol. The van der Waals surface area contributed by atoms with Crippen molar-refractivity contribution >= 4 is 40.6 Å². The number of nitro benzene ring substituents is 1. The summed E-state index contributed by atoms with van der Waals surface area (Å²) in [5, 5.41) is 13.2. The van der Waals surface area contributed by atoms with E-state index in [0.29, 0.717) is 5.56 Å². The fourth-order valence-corrected chi connectivity index (χ4v) is 1.86. The van der Waals surface area contributed by atoms with Crippen molar-refractivity contribution in [1.82, 2.24) is 9.97 Å². The molecule has 0 aliphatic carbocycles. The van der Waals surface area contributed by atoms with E-state index in [2.05, 4.69) is 15.3 Å². The van der Waals surface area contributed by atoms with E-state index >= 15 is 0 Å². The van der Waals surface area contributed by atoms with E-state index in [0.717, 1.165) is 6.33 Å². The summed E-state index contributed by atoms with van der Waals surface area (Å²) in [5.41, 5.74) is 0.418. The third-order valence-electron chi connectivity index (χ3n) is 2.49. The van der Waals surface area contributed by atoms with E-state index in [-0.39, 0.29) is 28.1 Å². The number of carbonyl (C=O) groups excluding carboxylic acids is 1. The van der Waals surface area contributed by atoms with Gasteiger partial charge in [0.05, 0.1) is 11.3 Å². The minimum absolute atomic E-state index is 0.0253. The van der Waals surface area contributed by atoms with Crippen LogP contribution >= 0.6 is 23.2 Å². The van der Waals surface area contributed by atoms with Gasteiger partial charge in [-0.15, -0.1) is 0 Å². The number of halogens is 2. The van der Waals surface area contributed by atoms with E-state index in [1.54, 1.807) is 6.07 Å². The number of anilines is 1. The summed E-state index contributed by atoms with van der Waals surface area (Å²) in [6.45, 7) is 0. The lowest BCUT2D eigenvalue weighted by molar-refractivity contribution is -0.384. The number of hydrogen-bond acceptors (Lipinski definition) is 5. The molecule has 0 saturated heterocycles. The van der Waals surface area contributed by atoms with Crippen LogP contribution in [0.1, 0.15) is 5.56 Å². The highest BCUT2D eigenvalue weighted by Crippen LogP contribution is 2.25. The molecule has 0 radical (unpaired) electrons. The molecule has 1 heterocycles. The maximum Gasteiger partial charge on any atom is 0.269 e. The second-order valence-electron chi connectivity index (χ2n) is 3.98. The van der Waals surface area contributed by atoms with Crippen molar-refractivity contribution in [3.8, 4) is 0 Å². The minimum atomic E-state index is -0.525. The third kappa shape index (κ3) is 3.87. The van der Waals surface area contributed by atoms with Crippen molar-refractivity contribution in [3.05, 3.63) is 56.4 Å². The predicted octanol–water partition coefficient (Wildman–Crippen LogP) is 2.87. The molecule has 0 unspecified atom stereocenters. The third-order valence-corrected chi connectivity index (χ3v) is 3.23. The van der Waals surface area contributed by atoms with E-state index in [9.17, 15) is 14.9 Å². The van der Waals surface area contributed by atoms with Gasteiger partial charge in [0.25, 0.3) is 5.69 Å². The van der Waals surface area contributed by atoms with Crippen molar-refractivity contribution < 1.29 is 9.72 Å². The highest BCUT2D eigenvalue weighted by molar-refractivity contribution is 6.42. The summed E-state index contributed by atoms with van der Waals surface area (Å²) in [5.74, 6) is -0.334. The monoisotopic (exact) mass is 326 g/mol. The highest BCUT2D eigenvalue weighted by Gasteiger charge is 2.13. The van der Waals surface area contributed by atoms with E-state index in [4.69, 9.17) is 23.2 Å². The molecule has 108 valence electrons. The number of nitrogens with zero attached hydrogens (tertiary/aromatic N) is 3. The molecule has 0 atom stereocenters. The van der Waals surface area contributed by atoms with Gasteiger partial charge in [-0.2, -0.15) is 0 Å². The summed E-state index contributed by atoms with van der Waals surface area (Å²) in [7, 11) is 0. The molecule has 1 aromatic heterocycles. The zero-order chi connectivity index (χ0) is 15.4. The number of benzene rings is 1. The largest absolute Gasteiger partial charge is 0.309 e. The summed E-state index contributed by atoms with van der Waals surface area (Å²) in [6, 6.07) is 5.80. The van der Waals surface area contributed by atoms with Crippen LogP contribution in [0.5, 0.6) is 0 Å². The molecule has 0 aliphatic heterocycles. The van der Waals surface area contributed by atoms with Crippen LogP contribution < -0.4 is 5.32 Å². The Morgan fingerprint density at radius 3 is 2.81 bits per heavy atom. The van der Waals surface area contributed by atoms with Gasteiger partial charge in [0, 0.05) is 12.1 Å². The van der Waals surface area contributed by atoms with Crippen molar-refractivity contribution in [2.24, 2.45) is 0 Å². The molecule has 0 bridgehead atoms. The molecule has 1 N–H and O–H groups in total. The van der Waals surface area contributed by atoms with Crippen LogP contribution in [0.3, 0.4) is 0 Å². The smallest absolute Gasteiger partial charge is 0.269 e. The standard InChI is InChI=1S/C12H8Cl2N4O3/c13-10-11(14)15-6-16-12(10)17-9(19)5-7-2-1-3-8(4-7)18(20)21/h1-4,6H,5H2,(H,15,16,17,19). The lowest BCUT2D eigenvalue weighted by Crippen LogP contribution is -2.16. The van der Waals surface area contributed by atoms with Crippen LogP contribution in [0.4, 0.5) is 11.5 Å². The molecule has 2 aromatic rings. The Morgan fingerprint density at radius 1 is 1.33 bits per heavy atom. The molecule has 0 fully saturated rings. The van der Waals surface area contributed by atoms with Gasteiger partial charge < -0.3 is 5.32 Å². The number of nitro groups is 1. The Kier molecular flexibility index (Phi) is 4.66. The molecule has 7 nitrogen and oxygen atoms in total. The number of non-ortho nitro benzene ring substituents is 1. The van der Waals surface area contributed by atoms with Gasteiger partial charge in [-0.1, -0.05) is 35.3 Å². The zero-order valence-electron chi connectivity index (χ0n) is 10.4. The Balaban J connectivity index is 2.10. The van der Waals surface area contributed by atoms with Crippen molar-refractivity contribution in [1.29, 1.82) is 0 Å². The molecule has 1 aromatic carbocycles. The summed E-state index contributed by atoms with van der Waals surface area (Å²) >= 11 is 11.5. The predicted molar refractivity (Wildman–Crippen MR) is 77.5 cm³/mol. The number of carbonyl (C=O) groups is 1. The second kappa shape index (κ2) is 6.47. The zero-order valence-corrected chi connectivity index (χ0v) is 11.9. The minimum Gasteiger partial charge on any atom is -0.309 e. The summed E-state index contributed by atoms with van der Waals surface area (Å²) < 4.78 is 0. The van der Waals surface area contributed by atoms with E-state index < -0.39 is 10.8 Å². The van der Waals surface area contributed by atoms with Gasteiger partial charge >= 0.3 is 0 Å². The number of nitrogens with one attached hydrogen (secondary N) is 1. The lowest BCUT2D eigenvalue weighted by Gasteiger charge is -2.06. The molecule has 0 saturated carbocycles. The highest BCUT2D eigenvalue weighted by atomic mass is 35.5. The fraction of sp³-hybridized carbons (Fsp3) is 0.0833. The number of rotatable bonds is 4. The maximum absolute atomic E-state index is 11.9. The first-order valence-electron chi connectivity index (χ1n) is 5.66. The number of aromatic nitrogens is 2. The Morgan fingerprint density at radius 2 is 2.10 bits per heavy atom. The second-order valence-corrected chi connectivity index (χ2v) is 4.72. The van der Waals surface area contributed by atoms with Gasteiger partial charge in [0.15, 0.2) is 11.0 Å². The average Bonchev–Trinajstić information content (AvgIpc) is 2.44. The van der Waals surface area contributed by atoms with Gasteiger partial charge in [0.2, 0.25) is 5.91 Å². The number of hydrogen-bond donors (Lipinski definition) is 1. The van der Waals surface area contributed by atoms with Crippen LogP contribution in [0.25, 0.3) is 0 Å². The SMILES string of the molecule is O=C(Cc1cccc([N+](=O)[O-])c1)Nc1ncnc(Cl)c1Cl.